The van der Waals surface area contributed by atoms with Gasteiger partial charge in [-0.25, -0.2) is 9.97 Å². The smallest absolute Gasteiger partial charge is 0.133 e. The van der Waals surface area contributed by atoms with Crippen molar-refractivity contribution in [2.45, 2.75) is 51.9 Å². The fourth-order valence-corrected chi connectivity index (χ4v) is 2.44. The lowest BCUT2D eigenvalue weighted by Gasteiger charge is -2.11. The molecule has 0 unspecified atom stereocenters. The highest BCUT2D eigenvalue weighted by atomic mass is 15.0. The fraction of sp³-hybridized carbons (Fsp3) is 0.714. The minimum Gasteiger partial charge on any atom is -0.370 e. The molecule has 0 saturated carbocycles. The topological polar surface area (TPSA) is 63.8 Å². The second kappa shape index (κ2) is 6.69. The summed E-state index contributed by atoms with van der Waals surface area (Å²) >= 11 is 0. The quantitative estimate of drug-likeness (QED) is 0.725. The van der Waals surface area contributed by atoms with Crippen LogP contribution in [0.3, 0.4) is 0 Å². The van der Waals surface area contributed by atoms with E-state index in [2.05, 4.69) is 22.2 Å². The molecule has 0 aromatic carbocycles. The molecular weight excluding hydrogens is 224 g/mol. The van der Waals surface area contributed by atoms with E-state index in [-0.39, 0.29) is 0 Å². The monoisotopic (exact) mass is 248 g/mol. The average Bonchev–Trinajstić information content (AvgIpc) is 2.83. The Morgan fingerprint density at radius 3 is 2.89 bits per heavy atom. The molecule has 2 rings (SSSR count). The molecule has 1 aromatic heterocycles. The Morgan fingerprint density at radius 2 is 2.11 bits per heavy atom. The van der Waals surface area contributed by atoms with Crippen molar-refractivity contribution < 1.29 is 0 Å². The van der Waals surface area contributed by atoms with Crippen LogP contribution in [0.4, 0.5) is 5.82 Å². The summed E-state index contributed by atoms with van der Waals surface area (Å²) in [6.07, 6.45) is 7.72. The predicted molar refractivity (Wildman–Crippen MR) is 74.8 cm³/mol. The van der Waals surface area contributed by atoms with E-state index in [0.717, 1.165) is 63.3 Å². The van der Waals surface area contributed by atoms with Gasteiger partial charge in [0.25, 0.3) is 0 Å². The Balaban J connectivity index is 2.07. The van der Waals surface area contributed by atoms with Crippen LogP contribution in [0.15, 0.2) is 0 Å². The first-order valence-electron chi connectivity index (χ1n) is 7.17. The van der Waals surface area contributed by atoms with Crippen LogP contribution >= 0.6 is 0 Å². The van der Waals surface area contributed by atoms with Crippen molar-refractivity contribution in [1.29, 1.82) is 0 Å². The van der Waals surface area contributed by atoms with Crippen molar-refractivity contribution in [3.05, 3.63) is 17.1 Å². The summed E-state index contributed by atoms with van der Waals surface area (Å²) in [5.74, 6) is 2.08. The molecule has 1 aliphatic rings. The predicted octanol–water partition coefficient (Wildman–Crippen LogP) is 2.07. The highest BCUT2D eigenvalue weighted by Crippen LogP contribution is 2.26. The van der Waals surface area contributed by atoms with E-state index in [4.69, 9.17) is 5.73 Å². The number of nitrogens with two attached hydrogens (primary N) is 1. The molecule has 4 nitrogen and oxygen atoms in total. The summed E-state index contributed by atoms with van der Waals surface area (Å²) in [6, 6.07) is 0. The fourth-order valence-electron chi connectivity index (χ4n) is 2.44. The van der Waals surface area contributed by atoms with Gasteiger partial charge in [-0.3, -0.25) is 0 Å². The molecule has 0 saturated heterocycles. The highest BCUT2D eigenvalue weighted by molar-refractivity contribution is 5.48. The van der Waals surface area contributed by atoms with E-state index in [0.29, 0.717) is 0 Å². The summed E-state index contributed by atoms with van der Waals surface area (Å²) < 4.78 is 0. The van der Waals surface area contributed by atoms with Crippen molar-refractivity contribution in [3.8, 4) is 0 Å². The van der Waals surface area contributed by atoms with Crippen LogP contribution in [-0.2, 0) is 19.3 Å². The molecule has 0 aliphatic heterocycles. The number of nitrogens with zero attached hydrogens (tertiary/aromatic N) is 2. The van der Waals surface area contributed by atoms with Gasteiger partial charge in [0.05, 0.1) is 0 Å². The van der Waals surface area contributed by atoms with Gasteiger partial charge in [-0.1, -0.05) is 6.92 Å². The Bertz CT molecular complexity index is 390. The lowest BCUT2D eigenvalue weighted by molar-refractivity contribution is 0.766. The van der Waals surface area contributed by atoms with Crippen molar-refractivity contribution in [3.63, 3.8) is 0 Å². The SMILES string of the molecule is CCCc1nc2c(c(NCCCCN)n1)CCC2. The van der Waals surface area contributed by atoms with E-state index in [9.17, 15) is 0 Å². The van der Waals surface area contributed by atoms with E-state index >= 15 is 0 Å². The summed E-state index contributed by atoms with van der Waals surface area (Å²) in [5, 5.41) is 3.47. The zero-order chi connectivity index (χ0) is 12.8. The molecule has 0 bridgehead atoms. The van der Waals surface area contributed by atoms with Gasteiger partial charge in [0.15, 0.2) is 0 Å². The van der Waals surface area contributed by atoms with Crippen LogP contribution in [-0.4, -0.2) is 23.1 Å². The van der Waals surface area contributed by atoms with E-state index in [1.807, 2.05) is 0 Å². The Hall–Kier alpha value is -1.16. The Morgan fingerprint density at radius 1 is 1.22 bits per heavy atom. The number of anilines is 1. The third-order valence-electron chi connectivity index (χ3n) is 3.38. The number of nitrogens with one attached hydrogen (secondary N) is 1. The van der Waals surface area contributed by atoms with Gasteiger partial charge in [0.1, 0.15) is 11.6 Å². The molecule has 18 heavy (non-hydrogen) atoms. The summed E-state index contributed by atoms with van der Waals surface area (Å²) in [7, 11) is 0. The summed E-state index contributed by atoms with van der Waals surface area (Å²) in [5.41, 5.74) is 8.13. The molecule has 1 heterocycles. The van der Waals surface area contributed by atoms with Gasteiger partial charge in [0, 0.05) is 24.2 Å². The van der Waals surface area contributed by atoms with Crippen molar-refractivity contribution in [2.75, 3.05) is 18.4 Å². The number of aromatic nitrogens is 2. The molecule has 0 amide bonds. The Kier molecular flexibility index (Phi) is 4.93. The molecule has 0 atom stereocenters. The van der Waals surface area contributed by atoms with Crippen molar-refractivity contribution in [1.82, 2.24) is 9.97 Å². The zero-order valence-electron chi connectivity index (χ0n) is 11.3. The maximum atomic E-state index is 5.51. The number of aryl methyl sites for hydroxylation is 2. The molecule has 3 N–H and O–H groups in total. The molecule has 0 spiro atoms. The number of hydrogen-bond donors (Lipinski definition) is 2. The third-order valence-corrected chi connectivity index (χ3v) is 3.38. The van der Waals surface area contributed by atoms with Crippen LogP contribution in [0.2, 0.25) is 0 Å². The number of rotatable bonds is 7. The normalized spacial score (nSPS) is 13.7. The molecule has 0 radical (unpaired) electrons. The second-order valence-corrected chi connectivity index (χ2v) is 4.94. The van der Waals surface area contributed by atoms with Gasteiger partial charge in [-0.05, 0) is 45.1 Å². The standard InChI is InChI=1S/C14H24N4/c1-2-6-13-17-12-8-5-7-11(12)14(18-13)16-10-4-3-9-15/h2-10,15H2,1H3,(H,16,17,18). The average molecular weight is 248 g/mol. The maximum absolute atomic E-state index is 5.51. The van der Waals surface area contributed by atoms with Crippen LogP contribution in [0.1, 0.15) is 49.7 Å². The second-order valence-electron chi connectivity index (χ2n) is 4.94. The maximum Gasteiger partial charge on any atom is 0.133 e. The van der Waals surface area contributed by atoms with E-state index < -0.39 is 0 Å². The lowest BCUT2D eigenvalue weighted by Crippen LogP contribution is -2.11. The van der Waals surface area contributed by atoms with Crippen LogP contribution < -0.4 is 11.1 Å². The number of unbranched alkanes of at least 4 members (excludes halogenated alkanes) is 1. The molecule has 0 fully saturated rings. The number of hydrogen-bond acceptors (Lipinski definition) is 4. The largest absolute Gasteiger partial charge is 0.370 e. The molecule has 1 aliphatic carbocycles. The van der Waals surface area contributed by atoms with Crippen LogP contribution in [0.5, 0.6) is 0 Å². The lowest BCUT2D eigenvalue weighted by atomic mass is 10.2. The summed E-state index contributed by atoms with van der Waals surface area (Å²) in [4.78, 5) is 9.36. The minimum atomic E-state index is 0.768. The highest BCUT2D eigenvalue weighted by Gasteiger charge is 2.18. The van der Waals surface area contributed by atoms with Gasteiger partial charge in [-0.15, -0.1) is 0 Å². The first-order valence-corrected chi connectivity index (χ1v) is 7.17. The minimum absolute atomic E-state index is 0.768. The zero-order valence-corrected chi connectivity index (χ0v) is 11.3. The molecule has 1 aromatic rings. The molecule has 100 valence electrons. The first kappa shape index (κ1) is 13.3. The van der Waals surface area contributed by atoms with Gasteiger partial charge < -0.3 is 11.1 Å². The van der Waals surface area contributed by atoms with Crippen molar-refractivity contribution >= 4 is 5.82 Å². The third kappa shape index (κ3) is 3.19. The van der Waals surface area contributed by atoms with Crippen LogP contribution in [0.25, 0.3) is 0 Å². The first-order chi connectivity index (χ1) is 8.85. The Labute approximate surface area is 109 Å². The van der Waals surface area contributed by atoms with Crippen LogP contribution in [0, 0.1) is 0 Å². The van der Waals surface area contributed by atoms with Crippen molar-refractivity contribution in [2.24, 2.45) is 5.73 Å². The van der Waals surface area contributed by atoms with Gasteiger partial charge in [0.2, 0.25) is 0 Å². The van der Waals surface area contributed by atoms with Gasteiger partial charge in [-0.2, -0.15) is 0 Å². The number of fused-ring (bicyclic) bond motifs is 1. The summed E-state index contributed by atoms with van der Waals surface area (Å²) in [6.45, 7) is 3.90. The van der Waals surface area contributed by atoms with Gasteiger partial charge >= 0.3 is 0 Å². The van der Waals surface area contributed by atoms with E-state index in [1.165, 1.54) is 17.7 Å². The van der Waals surface area contributed by atoms with E-state index in [1.54, 1.807) is 0 Å². The molecule has 4 heteroatoms. The molecular formula is C14H24N4.